The number of carbonyl (C=O) groups is 1. The van der Waals surface area contributed by atoms with E-state index in [1.165, 1.54) is 0 Å². The van der Waals surface area contributed by atoms with Crippen LogP contribution < -0.4 is 0 Å². The second-order valence-corrected chi connectivity index (χ2v) is 8.58. The highest BCUT2D eigenvalue weighted by atomic mass is 16.7. The molecule has 1 saturated heterocycles. The normalized spacial score (nSPS) is 21.4. The Hall–Kier alpha value is -1.27. The Balaban J connectivity index is 3.19. The van der Waals surface area contributed by atoms with Crippen molar-refractivity contribution in [3.8, 4) is 0 Å². The van der Waals surface area contributed by atoms with Gasteiger partial charge in [-0.2, -0.15) is 0 Å². The summed E-state index contributed by atoms with van der Waals surface area (Å²) in [5.41, 5.74) is -1.55. The number of hydrogen-bond donors (Lipinski definition) is 0. The molecule has 0 radical (unpaired) electrons. The Labute approximate surface area is 153 Å². The highest BCUT2D eigenvalue weighted by Crippen LogP contribution is 2.39. The van der Waals surface area contributed by atoms with E-state index in [1.54, 1.807) is 17.1 Å². The molecule has 5 nitrogen and oxygen atoms in total. The van der Waals surface area contributed by atoms with Crippen molar-refractivity contribution in [2.75, 3.05) is 0 Å². The molecule has 0 aromatic rings. The molecule has 0 bridgehead atoms. The molecule has 0 spiro atoms. The minimum atomic E-state index is -0.592. The second kappa shape index (κ2) is 7.54. The maximum atomic E-state index is 12.9. The molecule has 1 fully saturated rings. The average molecular weight is 351 g/mol. The Morgan fingerprint density at radius 2 is 1.68 bits per heavy atom. The van der Waals surface area contributed by atoms with Gasteiger partial charge in [0.2, 0.25) is 0 Å². The summed E-state index contributed by atoms with van der Waals surface area (Å²) in [6.45, 7) is 23.1. The van der Waals surface area contributed by atoms with Crippen molar-refractivity contribution >= 4 is 13.2 Å². The summed E-state index contributed by atoms with van der Waals surface area (Å²) in [6.07, 6.45) is 3.59. The number of rotatable bonds is 6. The largest absolute Gasteiger partial charge is 0.482 e. The highest BCUT2D eigenvalue weighted by Gasteiger charge is 2.55. The molecule has 2 atom stereocenters. The van der Waals surface area contributed by atoms with Crippen molar-refractivity contribution in [2.24, 2.45) is 0 Å². The van der Waals surface area contributed by atoms with Crippen molar-refractivity contribution in [1.29, 1.82) is 0 Å². The van der Waals surface area contributed by atoms with Gasteiger partial charge in [0.05, 0.1) is 17.1 Å². The summed E-state index contributed by atoms with van der Waals surface area (Å²) in [5.74, 6) is -0.360. The first-order valence-corrected chi connectivity index (χ1v) is 8.86. The summed E-state index contributed by atoms with van der Waals surface area (Å²) in [7, 11) is -0.571. The number of carbonyl (C=O) groups excluding carboxylic acids is 1. The van der Waals surface area contributed by atoms with E-state index in [4.69, 9.17) is 14.0 Å². The summed E-state index contributed by atoms with van der Waals surface area (Å²) in [5, 5.41) is 0. The van der Waals surface area contributed by atoms with Crippen LogP contribution in [0.5, 0.6) is 0 Å². The average Bonchev–Trinajstić information content (AvgIpc) is 2.64. The fourth-order valence-electron chi connectivity index (χ4n) is 2.60. The Kier molecular flexibility index (Phi) is 6.57. The van der Waals surface area contributed by atoms with Gasteiger partial charge < -0.3 is 18.9 Å². The topological polar surface area (TPSA) is 48.0 Å². The fourth-order valence-corrected chi connectivity index (χ4v) is 2.60. The van der Waals surface area contributed by atoms with E-state index in [1.807, 2.05) is 55.4 Å². The molecular formula is C19H34BNO4. The summed E-state index contributed by atoms with van der Waals surface area (Å²) < 4.78 is 18.0. The van der Waals surface area contributed by atoms with Crippen LogP contribution in [0.2, 0.25) is 0 Å². The first-order chi connectivity index (χ1) is 11.3. The van der Waals surface area contributed by atoms with E-state index in [0.717, 1.165) is 0 Å². The van der Waals surface area contributed by atoms with E-state index >= 15 is 0 Å². The van der Waals surface area contributed by atoms with Crippen LogP contribution in [0.4, 0.5) is 4.79 Å². The van der Waals surface area contributed by atoms with Crippen LogP contribution in [0, 0.1) is 0 Å². The standard InChI is InChI=1S/C19H34BNO4/c1-11-13-15(20-24-18(7,8)19(9,10)25-20)21(14(3)12-2)16(22)23-17(4,5)6/h11-12,14-15H,1-2,13H2,3-10H3. The van der Waals surface area contributed by atoms with Crippen LogP contribution in [0.25, 0.3) is 0 Å². The van der Waals surface area contributed by atoms with Crippen molar-refractivity contribution in [3.05, 3.63) is 25.3 Å². The van der Waals surface area contributed by atoms with Crippen molar-refractivity contribution in [1.82, 2.24) is 4.90 Å². The molecule has 0 saturated carbocycles. The number of nitrogens with zero attached hydrogens (tertiary/aromatic N) is 1. The minimum absolute atomic E-state index is 0.237. The lowest BCUT2D eigenvalue weighted by atomic mass is 9.74. The summed E-state index contributed by atoms with van der Waals surface area (Å²) in [6, 6.07) is -0.237. The number of amides is 1. The van der Waals surface area contributed by atoms with Gasteiger partial charge in [-0.15, -0.1) is 13.2 Å². The van der Waals surface area contributed by atoms with Gasteiger partial charge in [-0.3, -0.25) is 0 Å². The maximum absolute atomic E-state index is 12.9. The molecule has 0 N–H and O–H groups in total. The lowest BCUT2D eigenvalue weighted by Gasteiger charge is -2.37. The van der Waals surface area contributed by atoms with Gasteiger partial charge >= 0.3 is 13.2 Å². The van der Waals surface area contributed by atoms with E-state index in [0.29, 0.717) is 6.42 Å². The minimum Gasteiger partial charge on any atom is -0.444 e. The molecule has 1 amide bonds. The van der Waals surface area contributed by atoms with Crippen LogP contribution in [0.1, 0.15) is 61.8 Å². The second-order valence-electron chi connectivity index (χ2n) is 8.58. The number of ether oxygens (including phenoxy) is 1. The van der Waals surface area contributed by atoms with Crippen LogP contribution >= 0.6 is 0 Å². The van der Waals surface area contributed by atoms with E-state index in [-0.39, 0.29) is 12.0 Å². The highest BCUT2D eigenvalue weighted by molar-refractivity contribution is 6.48. The van der Waals surface area contributed by atoms with Gasteiger partial charge in [-0.25, -0.2) is 4.79 Å². The Morgan fingerprint density at radius 3 is 2.04 bits per heavy atom. The SMILES string of the molecule is C=CCC(B1OC(C)(C)C(C)(C)O1)N(C(=O)OC(C)(C)C)C(C)C=C. The first-order valence-electron chi connectivity index (χ1n) is 8.86. The zero-order valence-corrected chi connectivity index (χ0v) is 17.1. The molecule has 0 aromatic carbocycles. The van der Waals surface area contributed by atoms with Gasteiger partial charge in [0.1, 0.15) is 5.60 Å². The van der Waals surface area contributed by atoms with Crippen LogP contribution in [0.15, 0.2) is 25.3 Å². The molecule has 1 rings (SSSR count). The molecule has 6 heteroatoms. The van der Waals surface area contributed by atoms with Crippen molar-refractivity contribution < 1.29 is 18.8 Å². The predicted octanol–water partition coefficient (Wildman–Crippen LogP) is 4.37. The molecule has 1 aliphatic rings. The molecule has 2 unspecified atom stereocenters. The van der Waals surface area contributed by atoms with Gasteiger partial charge in [-0.05, 0) is 61.8 Å². The van der Waals surface area contributed by atoms with Crippen LogP contribution in [0.3, 0.4) is 0 Å². The van der Waals surface area contributed by atoms with Crippen molar-refractivity contribution in [3.63, 3.8) is 0 Å². The fraction of sp³-hybridized carbons (Fsp3) is 0.737. The van der Waals surface area contributed by atoms with Gasteiger partial charge in [0.25, 0.3) is 0 Å². The molecule has 0 aromatic heterocycles. The molecule has 25 heavy (non-hydrogen) atoms. The quantitative estimate of drug-likeness (QED) is 0.527. The smallest absolute Gasteiger partial charge is 0.444 e. The molecular weight excluding hydrogens is 317 g/mol. The maximum Gasteiger partial charge on any atom is 0.482 e. The third-order valence-corrected chi connectivity index (χ3v) is 4.74. The lowest BCUT2D eigenvalue weighted by Crippen LogP contribution is -2.55. The van der Waals surface area contributed by atoms with Gasteiger partial charge in [0, 0.05) is 6.04 Å². The molecule has 142 valence electrons. The van der Waals surface area contributed by atoms with Gasteiger partial charge in [0.15, 0.2) is 0 Å². The Morgan fingerprint density at radius 1 is 1.20 bits per heavy atom. The third kappa shape index (κ3) is 5.11. The zero-order chi connectivity index (χ0) is 19.6. The number of hydrogen-bond acceptors (Lipinski definition) is 4. The van der Waals surface area contributed by atoms with Gasteiger partial charge in [-0.1, -0.05) is 12.2 Å². The monoisotopic (exact) mass is 351 g/mol. The van der Waals surface area contributed by atoms with E-state index in [2.05, 4.69) is 13.2 Å². The van der Waals surface area contributed by atoms with Crippen molar-refractivity contribution in [2.45, 2.75) is 90.6 Å². The van der Waals surface area contributed by atoms with E-state index < -0.39 is 30.0 Å². The third-order valence-electron chi connectivity index (χ3n) is 4.74. The first kappa shape index (κ1) is 21.8. The predicted molar refractivity (Wildman–Crippen MR) is 102 cm³/mol. The van der Waals surface area contributed by atoms with E-state index in [9.17, 15) is 4.79 Å². The summed E-state index contributed by atoms with van der Waals surface area (Å²) >= 11 is 0. The molecule has 1 aliphatic heterocycles. The zero-order valence-electron chi connectivity index (χ0n) is 17.1. The van der Waals surface area contributed by atoms with Crippen LogP contribution in [-0.2, 0) is 14.0 Å². The summed E-state index contributed by atoms with van der Waals surface area (Å²) in [4.78, 5) is 14.5. The molecule has 0 aliphatic carbocycles. The Bertz CT molecular complexity index is 494. The molecule has 1 heterocycles. The lowest BCUT2D eigenvalue weighted by molar-refractivity contribution is 0.00578. The van der Waals surface area contributed by atoms with Crippen LogP contribution in [-0.4, -0.2) is 46.9 Å².